The first kappa shape index (κ1) is 30.4. The Bertz CT molecular complexity index is 1760. The molecule has 1 atom stereocenters. The number of likely N-dealkylation sites (N-methyl/N-ethyl adjacent to an activating group) is 1. The van der Waals surface area contributed by atoms with E-state index in [1.807, 2.05) is 18.7 Å². The maximum absolute atomic E-state index is 14.4. The van der Waals surface area contributed by atoms with Crippen LogP contribution in [0.15, 0.2) is 41.6 Å². The smallest absolute Gasteiger partial charge is 0.316 e. The highest BCUT2D eigenvalue weighted by molar-refractivity contribution is 5.86. The molecule has 1 N–H and O–H groups in total. The SMILES string of the molecule is CCC(=O)N1CCCC(n2c(=O)c(-c3cnc(OC)nc3)c(C)c3cnc(Nc4ccc(N5CCN(C)CC5)c(C)c4)nc32)C1. The number of carbonyl (C=O) groups excluding carboxylic acids is 1. The molecule has 3 aromatic heterocycles. The first-order chi connectivity index (χ1) is 21.8. The van der Waals surface area contributed by atoms with Crippen molar-refractivity contribution in [1.29, 1.82) is 0 Å². The average Bonchev–Trinajstić information content (AvgIpc) is 3.05. The van der Waals surface area contributed by atoms with Gasteiger partial charge in [-0.25, -0.2) is 15.0 Å². The summed E-state index contributed by atoms with van der Waals surface area (Å²) in [5.74, 6) is 0.486. The molecule has 5 heterocycles. The minimum absolute atomic E-state index is 0.0836. The molecule has 0 saturated carbocycles. The topological polar surface area (TPSA) is 122 Å². The van der Waals surface area contributed by atoms with Crippen molar-refractivity contribution in [3.63, 3.8) is 0 Å². The Hall–Kier alpha value is -4.58. The second kappa shape index (κ2) is 12.8. The fourth-order valence-electron chi connectivity index (χ4n) is 6.50. The molecule has 2 aliphatic rings. The van der Waals surface area contributed by atoms with E-state index in [-0.39, 0.29) is 23.5 Å². The molecule has 4 aromatic rings. The third kappa shape index (κ3) is 6.06. The molecule has 236 valence electrons. The molecule has 6 rings (SSSR count). The monoisotopic (exact) mass is 611 g/mol. The van der Waals surface area contributed by atoms with Crippen LogP contribution in [0.1, 0.15) is 43.4 Å². The highest BCUT2D eigenvalue weighted by Crippen LogP contribution is 2.31. The molecule has 0 aliphatic carbocycles. The van der Waals surface area contributed by atoms with Crippen LogP contribution >= 0.6 is 0 Å². The average molecular weight is 612 g/mol. The van der Waals surface area contributed by atoms with E-state index < -0.39 is 0 Å². The molecule has 12 heteroatoms. The number of benzene rings is 1. The normalized spacial score (nSPS) is 17.5. The second-order valence-corrected chi connectivity index (χ2v) is 12.0. The fourth-order valence-corrected chi connectivity index (χ4v) is 6.50. The summed E-state index contributed by atoms with van der Waals surface area (Å²) in [4.78, 5) is 51.8. The van der Waals surface area contributed by atoms with E-state index in [0.29, 0.717) is 42.2 Å². The van der Waals surface area contributed by atoms with Crippen LogP contribution in [0.25, 0.3) is 22.2 Å². The Morgan fingerprint density at radius 2 is 1.80 bits per heavy atom. The van der Waals surface area contributed by atoms with Crippen LogP contribution in [0.4, 0.5) is 17.3 Å². The third-order valence-corrected chi connectivity index (χ3v) is 9.02. The van der Waals surface area contributed by atoms with Crippen LogP contribution < -0.4 is 20.5 Å². The maximum Gasteiger partial charge on any atom is 0.316 e. The van der Waals surface area contributed by atoms with Crippen molar-refractivity contribution in [2.75, 3.05) is 63.6 Å². The second-order valence-electron chi connectivity index (χ2n) is 12.0. The van der Waals surface area contributed by atoms with E-state index >= 15 is 0 Å². The van der Waals surface area contributed by atoms with Gasteiger partial charge in [0.15, 0.2) is 0 Å². The lowest BCUT2D eigenvalue weighted by molar-refractivity contribution is -0.132. The standard InChI is InChI=1S/C33H41N9O3/c1-6-28(43)41-11-7-8-25(20-41)42-30-26(22(3)29(31(42)44)23-17-35-33(45-5)36-18-23)19-34-32(38-30)37-24-9-10-27(21(2)16-24)40-14-12-39(4)13-15-40/h9-10,16-19,25H,6-8,11-15,20H2,1-5H3,(H,34,37,38). The van der Waals surface area contributed by atoms with Crippen LogP contribution in [0, 0.1) is 13.8 Å². The largest absolute Gasteiger partial charge is 0.467 e. The van der Waals surface area contributed by atoms with Gasteiger partial charge in [-0.2, -0.15) is 4.98 Å². The van der Waals surface area contributed by atoms with Gasteiger partial charge in [-0.15, -0.1) is 0 Å². The molecule has 0 spiro atoms. The summed E-state index contributed by atoms with van der Waals surface area (Å²) >= 11 is 0. The minimum atomic E-state index is -0.240. The van der Waals surface area contributed by atoms with Gasteiger partial charge in [0.05, 0.1) is 18.7 Å². The van der Waals surface area contributed by atoms with E-state index in [1.54, 1.807) is 23.2 Å². The predicted molar refractivity (Wildman–Crippen MR) is 175 cm³/mol. The number of piperidine rings is 1. The van der Waals surface area contributed by atoms with Crippen molar-refractivity contribution in [1.82, 2.24) is 34.3 Å². The zero-order chi connectivity index (χ0) is 31.7. The lowest BCUT2D eigenvalue weighted by Crippen LogP contribution is -2.44. The van der Waals surface area contributed by atoms with Gasteiger partial charge in [-0.05, 0) is 63.1 Å². The summed E-state index contributed by atoms with van der Waals surface area (Å²) in [6, 6.07) is 6.30. The fraction of sp³-hybridized carbons (Fsp3) is 0.455. The van der Waals surface area contributed by atoms with Gasteiger partial charge < -0.3 is 24.8 Å². The molecule has 1 amide bonds. The zero-order valence-electron chi connectivity index (χ0n) is 26.7. The lowest BCUT2D eigenvalue weighted by atomic mass is 9.99. The molecule has 45 heavy (non-hydrogen) atoms. The van der Waals surface area contributed by atoms with E-state index in [9.17, 15) is 9.59 Å². The van der Waals surface area contributed by atoms with Gasteiger partial charge >= 0.3 is 6.01 Å². The van der Waals surface area contributed by atoms with Crippen molar-refractivity contribution >= 4 is 34.3 Å². The molecule has 12 nitrogen and oxygen atoms in total. The van der Waals surface area contributed by atoms with E-state index in [4.69, 9.17) is 9.72 Å². The number of fused-ring (bicyclic) bond motifs is 1. The Kier molecular flexibility index (Phi) is 8.66. The number of carbonyl (C=O) groups is 1. The van der Waals surface area contributed by atoms with Gasteiger partial charge in [-0.3, -0.25) is 14.2 Å². The van der Waals surface area contributed by atoms with Gasteiger partial charge in [-0.1, -0.05) is 6.92 Å². The number of anilines is 3. The molecule has 2 fully saturated rings. The summed E-state index contributed by atoms with van der Waals surface area (Å²) in [5, 5.41) is 4.13. The van der Waals surface area contributed by atoms with Crippen LogP contribution in [-0.4, -0.2) is 93.6 Å². The summed E-state index contributed by atoms with van der Waals surface area (Å²) < 4.78 is 6.89. The van der Waals surface area contributed by atoms with Crippen molar-refractivity contribution in [2.45, 2.75) is 46.1 Å². The first-order valence-electron chi connectivity index (χ1n) is 15.6. The number of piperazine rings is 1. The van der Waals surface area contributed by atoms with Crippen molar-refractivity contribution < 1.29 is 9.53 Å². The Morgan fingerprint density at radius 3 is 2.49 bits per heavy atom. The highest BCUT2D eigenvalue weighted by Gasteiger charge is 2.29. The van der Waals surface area contributed by atoms with E-state index in [2.05, 4.69) is 62.2 Å². The van der Waals surface area contributed by atoms with Gasteiger partial charge in [0.25, 0.3) is 5.56 Å². The van der Waals surface area contributed by atoms with Crippen molar-refractivity contribution in [3.05, 3.63) is 58.3 Å². The molecule has 1 unspecified atom stereocenters. The van der Waals surface area contributed by atoms with Crippen molar-refractivity contribution in [3.8, 4) is 17.1 Å². The highest BCUT2D eigenvalue weighted by atomic mass is 16.5. The van der Waals surface area contributed by atoms with Crippen LogP contribution in [0.3, 0.4) is 0 Å². The molecular weight excluding hydrogens is 570 g/mol. The Labute approximate surface area is 263 Å². The van der Waals surface area contributed by atoms with Gasteiger partial charge in [0, 0.05) is 86.6 Å². The number of aromatic nitrogens is 5. The van der Waals surface area contributed by atoms with Crippen molar-refractivity contribution in [2.24, 2.45) is 0 Å². The number of aryl methyl sites for hydroxylation is 2. The molecule has 2 saturated heterocycles. The molecular formula is C33H41N9O3. The van der Waals surface area contributed by atoms with Crippen LogP contribution in [-0.2, 0) is 4.79 Å². The number of hydrogen-bond acceptors (Lipinski definition) is 10. The molecule has 0 bridgehead atoms. The lowest BCUT2D eigenvalue weighted by Gasteiger charge is -2.35. The maximum atomic E-state index is 14.4. The third-order valence-electron chi connectivity index (χ3n) is 9.02. The zero-order valence-corrected chi connectivity index (χ0v) is 26.7. The van der Waals surface area contributed by atoms with Crippen LogP contribution in [0.5, 0.6) is 6.01 Å². The van der Waals surface area contributed by atoms with Gasteiger partial charge in [0.1, 0.15) is 5.65 Å². The number of amides is 1. The van der Waals surface area contributed by atoms with Gasteiger partial charge in [0.2, 0.25) is 11.9 Å². The summed E-state index contributed by atoms with van der Waals surface area (Å²) in [6.45, 7) is 11.1. The molecule has 1 aromatic carbocycles. The summed E-state index contributed by atoms with van der Waals surface area (Å²) in [5.41, 5.74) is 5.45. The number of methoxy groups -OCH3 is 1. The molecule has 0 radical (unpaired) electrons. The minimum Gasteiger partial charge on any atom is -0.467 e. The summed E-state index contributed by atoms with van der Waals surface area (Å²) in [6.07, 6.45) is 6.95. The number of pyridine rings is 1. The van der Waals surface area contributed by atoms with E-state index in [0.717, 1.165) is 55.7 Å². The number of hydrogen-bond donors (Lipinski definition) is 1. The summed E-state index contributed by atoms with van der Waals surface area (Å²) in [7, 11) is 3.66. The first-order valence-corrected chi connectivity index (χ1v) is 15.6. The number of rotatable bonds is 7. The molecule has 2 aliphatic heterocycles. The number of ether oxygens (including phenoxy) is 1. The number of likely N-dealkylation sites (tertiary alicyclic amines) is 1. The number of nitrogens with one attached hydrogen (secondary N) is 1. The Balaban J connectivity index is 1.41. The van der Waals surface area contributed by atoms with Crippen LogP contribution in [0.2, 0.25) is 0 Å². The van der Waals surface area contributed by atoms with E-state index in [1.165, 1.54) is 18.4 Å². The Morgan fingerprint density at radius 1 is 1.04 bits per heavy atom. The quantitative estimate of drug-likeness (QED) is 0.329. The number of nitrogens with zero attached hydrogens (tertiary/aromatic N) is 8. The predicted octanol–water partition coefficient (Wildman–Crippen LogP) is 3.94.